The Kier molecular flexibility index (Phi) is 8.02. The fourth-order valence-corrected chi connectivity index (χ4v) is 7.48. The molecule has 44 heavy (non-hydrogen) atoms. The number of benzene rings is 1. The highest BCUT2D eigenvalue weighted by Crippen LogP contribution is 2.54. The van der Waals surface area contributed by atoms with E-state index in [2.05, 4.69) is 0 Å². The van der Waals surface area contributed by atoms with Gasteiger partial charge in [0.15, 0.2) is 11.4 Å². The number of amides is 1. The number of likely N-dealkylation sites (tertiary alicyclic amines) is 1. The molecule has 14 heteroatoms. The number of phenols is 1. The first kappa shape index (κ1) is 31.8. The summed E-state index contributed by atoms with van der Waals surface area (Å²) in [5.41, 5.74) is 2.14. The number of primary amides is 1. The summed E-state index contributed by atoms with van der Waals surface area (Å²) in [6.45, 7) is 0.913. The molecule has 7 N–H and O–H groups in total. The first-order valence-corrected chi connectivity index (χ1v) is 14.4. The molecule has 0 radical (unpaired) electrons. The predicted molar refractivity (Wildman–Crippen MR) is 154 cm³/mol. The van der Waals surface area contributed by atoms with E-state index in [9.17, 15) is 48.7 Å². The Morgan fingerprint density at radius 1 is 1.14 bits per heavy atom. The molecule has 5 rings (SSSR count). The number of hydrogen-bond donors (Lipinski definition) is 6. The highest BCUT2D eigenvalue weighted by molar-refractivity contribution is 6.24. The summed E-state index contributed by atoms with van der Waals surface area (Å²) in [5.74, 6) is -9.45. The fraction of sp³-hybridized carbons (Fsp3) is 0.567. The Morgan fingerprint density at radius 2 is 1.75 bits per heavy atom. The molecule has 1 aliphatic heterocycles. The van der Waals surface area contributed by atoms with Crippen LogP contribution >= 0.6 is 0 Å². The molecule has 0 bridgehead atoms. The minimum absolute atomic E-state index is 0.0865. The van der Waals surface area contributed by atoms with Gasteiger partial charge in [0.2, 0.25) is 12.2 Å². The maximum atomic E-state index is 14.1. The second-order valence-corrected chi connectivity index (χ2v) is 12.6. The van der Waals surface area contributed by atoms with Crippen LogP contribution in [-0.2, 0) is 27.3 Å². The third-order valence-corrected chi connectivity index (χ3v) is 9.72. The molecule has 0 spiro atoms. The van der Waals surface area contributed by atoms with E-state index in [1.165, 1.54) is 19.0 Å². The van der Waals surface area contributed by atoms with Crippen molar-refractivity contribution < 1.29 is 48.7 Å². The number of fused-ring (bicyclic) bond motifs is 3. The minimum Gasteiger partial charge on any atom is -0.508 e. The molecule has 2 fully saturated rings. The smallest absolute Gasteiger partial charge is 0.255 e. The number of piperidine rings is 1. The van der Waals surface area contributed by atoms with E-state index in [4.69, 9.17) is 5.73 Å². The highest BCUT2D eigenvalue weighted by Gasteiger charge is 2.67. The number of rotatable bonds is 6. The normalized spacial score (nSPS) is 29.7. The lowest BCUT2D eigenvalue weighted by atomic mass is 9.56. The summed E-state index contributed by atoms with van der Waals surface area (Å²) in [6.07, 6.45) is -3.60. The Balaban J connectivity index is 1.66. The van der Waals surface area contributed by atoms with Gasteiger partial charge in [-0.15, -0.1) is 0 Å². The molecule has 5 atom stereocenters. The van der Waals surface area contributed by atoms with Crippen molar-refractivity contribution in [1.29, 1.82) is 0 Å². The van der Waals surface area contributed by atoms with E-state index in [1.54, 1.807) is 25.1 Å². The second-order valence-electron chi connectivity index (χ2n) is 12.6. The van der Waals surface area contributed by atoms with Gasteiger partial charge in [0.1, 0.15) is 22.8 Å². The number of aliphatic hydroxyl groups excluding tert-OH is 3. The Morgan fingerprint density at radius 3 is 2.27 bits per heavy atom. The largest absolute Gasteiger partial charge is 0.508 e. The molecule has 0 aromatic heterocycles. The summed E-state index contributed by atoms with van der Waals surface area (Å²) in [5, 5.41) is 57.7. The van der Waals surface area contributed by atoms with Crippen molar-refractivity contribution in [3.05, 3.63) is 39.7 Å². The summed E-state index contributed by atoms with van der Waals surface area (Å²) in [7, 11) is 6.36. The molecule has 1 amide bonds. The van der Waals surface area contributed by atoms with E-state index in [1.807, 2.05) is 4.90 Å². The van der Waals surface area contributed by atoms with Crippen LogP contribution in [0, 0.1) is 17.8 Å². The van der Waals surface area contributed by atoms with Crippen LogP contribution in [0.2, 0.25) is 0 Å². The van der Waals surface area contributed by atoms with Gasteiger partial charge in [-0.25, -0.2) is 8.78 Å². The number of anilines is 1. The number of phenolic OH excluding ortho intramolecular Hbond substituents is 1. The van der Waals surface area contributed by atoms with Gasteiger partial charge in [0, 0.05) is 49.3 Å². The van der Waals surface area contributed by atoms with E-state index in [-0.39, 0.29) is 37.1 Å². The van der Waals surface area contributed by atoms with Crippen LogP contribution in [0.15, 0.2) is 23.0 Å². The van der Waals surface area contributed by atoms with Crippen molar-refractivity contribution in [2.75, 3.05) is 46.2 Å². The molecule has 240 valence electrons. The average molecular weight is 621 g/mol. The Hall–Kier alpha value is -3.59. The van der Waals surface area contributed by atoms with Gasteiger partial charge in [-0.3, -0.25) is 24.2 Å². The first-order chi connectivity index (χ1) is 20.5. The number of alkyl halides is 2. The average Bonchev–Trinajstić information content (AvgIpc) is 2.94. The lowest BCUT2D eigenvalue weighted by Gasteiger charge is -2.52. The monoisotopic (exact) mass is 620 g/mol. The van der Waals surface area contributed by atoms with Crippen molar-refractivity contribution in [1.82, 2.24) is 9.80 Å². The quantitative estimate of drug-likeness (QED) is 0.243. The van der Waals surface area contributed by atoms with Crippen molar-refractivity contribution in [3.8, 4) is 5.75 Å². The maximum absolute atomic E-state index is 14.1. The van der Waals surface area contributed by atoms with Gasteiger partial charge in [0.25, 0.3) is 5.91 Å². The van der Waals surface area contributed by atoms with E-state index in [0.29, 0.717) is 29.9 Å². The zero-order valence-corrected chi connectivity index (χ0v) is 24.9. The number of carbonyl (C=O) groups excluding carboxylic acids is 3. The zero-order valence-electron chi connectivity index (χ0n) is 24.9. The van der Waals surface area contributed by atoms with Crippen LogP contribution in [0.1, 0.15) is 29.5 Å². The van der Waals surface area contributed by atoms with Gasteiger partial charge in [0.05, 0.1) is 23.6 Å². The predicted octanol–water partition coefficient (Wildman–Crippen LogP) is 0.478. The number of Topliss-reactive ketones (excluding diaryl/α,β-unsaturated/α-hetero) is 2. The SMILES string of the molecule is CN(C)c1cc(CN2CCC(C(F)F)CC2)c(O)c2c1C[C@@H]1C(=C2O)C(=O)[C@]2(O)C(O)=C(C(N)=O)C(=O)[C@@H](N(C)C)[C@@H]2[C@H]1O. The molecular formula is C30H38F2N4O8. The molecule has 4 aliphatic rings. The number of hydrogen-bond acceptors (Lipinski definition) is 11. The van der Waals surface area contributed by atoms with Crippen LogP contribution < -0.4 is 10.6 Å². The number of likely N-dealkylation sites (N-methyl/N-ethyl adjacent to an activating group) is 1. The van der Waals surface area contributed by atoms with Crippen LogP contribution in [-0.4, -0.2) is 118 Å². The molecule has 0 unspecified atom stereocenters. The fourth-order valence-electron chi connectivity index (χ4n) is 7.48. The lowest BCUT2D eigenvalue weighted by molar-refractivity contribution is -0.168. The molecule has 1 aromatic carbocycles. The number of carbonyl (C=O) groups is 3. The van der Waals surface area contributed by atoms with Gasteiger partial charge in [-0.1, -0.05) is 0 Å². The van der Waals surface area contributed by atoms with E-state index >= 15 is 0 Å². The Labute approximate surface area is 252 Å². The van der Waals surface area contributed by atoms with Crippen molar-refractivity contribution in [3.63, 3.8) is 0 Å². The molecule has 12 nitrogen and oxygen atoms in total. The number of ketones is 2. The molecular weight excluding hydrogens is 582 g/mol. The Bertz CT molecular complexity index is 1480. The van der Waals surface area contributed by atoms with Crippen molar-refractivity contribution >= 4 is 28.9 Å². The van der Waals surface area contributed by atoms with Gasteiger partial charge >= 0.3 is 0 Å². The van der Waals surface area contributed by atoms with Gasteiger partial charge < -0.3 is 36.2 Å². The minimum atomic E-state index is -2.99. The molecule has 1 saturated carbocycles. The second kappa shape index (κ2) is 11.1. The van der Waals surface area contributed by atoms with Crippen molar-refractivity contribution in [2.24, 2.45) is 23.5 Å². The van der Waals surface area contributed by atoms with Crippen molar-refractivity contribution in [2.45, 2.75) is 50.0 Å². The van der Waals surface area contributed by atoms with E-state index < -0.39 is 82.1 Å². The molecule has 1 saturated heterocycles. The third-order valence-electron chi connectivity index (χ3n) is 9.72. The zero-order chi connectivity index (χ0) is 32.6. The molecule has 1 aromatic rings. The number of nitrogens with zero attached hydrogens (tertiary/aromatic N) is 3. The summed E-state index contributed by atoms with van der Waals surface area (Å²) < 4.78 is 26.4. The summed E-state index contributed by atoms with van der Waals surface area (Å²) >= 11 is 0. The molecule has 3 aliphatic carbocycles. The van der Waals surface area contributed by atoms with Crippen LogP contribution in [0.3, 0.4) is 0 Å². The van der Waals surface area contributed by atoms with Gasteiger partial charge in [-0.2, -0.15) is 0 Å². The number of aliphatic hydroxyl groups is 4. The van der Waals surface area contributed by atoms with E-state index in [0.717, 1.165) is 0 Å². The number of aromatic hydroxyl groups is 1. The molecule has 1 heterocycles. The van der Waals surface area contributed by atoms with Crippen LogP contribution in [0.4, 0.5) is 14.5 Å². The summed E-state index contributed by atoms with van der Waals surface area (Å²) in [4.78, 5) is 44.6. The van der Waals surface area contributed by atoms with Crippen LogP contribution in [0.25, 0.3) is 5.76 Å². The topological polar surface area (TPSA) is 188 Å². The standard InChI is InChI=1S/C30H38F2N4O8/c1-34(2)16-9-13(11-36-7-5-12(6-8-36)28(31)32)22(37)17-14(16)10-15-18(24(17)39)26(41)30(44)20(23(15)38)21(35(3)4)25(40)19(27(30)42)29(33)43/h9,12,15,20-21,23,28,37-39,42,44H,5-8,10-11H2,1-4H3,(H2,33,43)/t15-,20-,21+,23+,30+/m1/s1. The lowest BCUT2D eigenvalue weighted by Crippen LogP contribution is -2.70. The third kappa shape index (κ3) is 4.57. The maximum Gasteiger partial charge on any atom is 0.255 e. The van der Waals surface area contributed by atoms with Crippen LogP contribution in [0.5, 0.6) is 5.75 Å². The number of nitrogens with two attached hydrogens (primary N) is 1. The van der Waals surface area contributed by atoms with Gasteiger partial charge in [-0.05, 0) is 58.1 Å². The number of halogens is 2. The first-order valence-electron chi connectivity index (χ1n) is 14.4. The highest BCUT2D eigenvalue weighted by atomic mass is 19.3. The summed E-state index contributed by atoms with van der Waals surface area (Å²) in [6, 6.07) is 0.278.